The molecule has 0 fully saturated rings. The predicted octanol–water partition coefficient (Wildman–Crippen LogP) is 3.32. The van der Waals surface area contributed by atoms with Crippen molar-refractivity contribution >= 4 is 10.9 Å². The topological polar surface area (TPSA) is 61.0 Å². The first-order valence-corrected chi connectivity index (χ1v) is 6.52. The van der Waals surface area contributed by atoms with Crippen molar-refractivity contribution in [3.8, 4) is 5.75 Å². The number of hydrogen-bond donors (Lipinski definition) is 0. The first-order chi connectivity index (χ1) is 9.72. The summed E-state index contributed by atoms with van der Waals surface area (Å²) in [5.41, 5.74) is 0.946. The molecule has 1 aromatic carbocycles. The maximum Gasteiger partial charge on any atom is 0.229 e. The Bertz CT molecular complexity index is 722. The van der Waals surface area contributed by atoms with Gasteiger partial charge in [-0.15, -0.1) is 0 Å². The minimum Gasteiger partial charge on any atom is -0.485 e. The molecule has 2 aromatic heterocycles. The van der Waals surface area contributed by atoms with Crippen LogP contribution >= 0.6 is 0 Å². The Kier molecular flexibility index (Phi) is 3.33. The molecular formula is C15H15N3O2. The molecule has 0 radical (unpaired) electrons. The first-order valence-electron chi connectivity index (χ1n) is 6.52. The van der Waals surface area contributed by atoms with E-state index in [1.54, 1.807) is 6.20 Å². The normalized spacial score (nSPS) is 11.2. The molecule has 2 heterocycles. The van der Waals surface area contributed by atoms with Crippen LogP contribution in [0.4, 0.5) is 0 Å². The Morgan fingerprint density at radius 3 is 2.95 bits per heavy atom. The number of fused-ring (bicyclic) bond motifs is 1. The molecule has 3 rings (SSSR count). The average Bonchev–Trinajstić information content (AvgIpc) is 2.94. The lowest BCUT2D eigenvalue weighted by Gasteiger charge is -2.04. The van der Waals surface area contributed by atoms with Crippen molar-refractivity contribution in [1.82, 2.24) is 15.1 Å². The van der Waals surface area contributed by atoms with Gasteiger partial charge in [0.15, 0.2) is 6.61 Å². The predicted molar refractivity (Wildman–Crippen MR) is 74.5 cm³/mol. The van der Waals surface area contributed by atoms with Crippen LogP contribution in [0.1, 0.15) is 31.5 Å². The molecule has 0 unspecified atom stereocenters. The van der Waals surface area contributed by atoms with Gasteiger partial charge in [-0.2, -0.15) is 4.98 Å². The van der Waals surface area contributed by atoms with Crippen molar-refractivity contribution in [3.05, 3.63) is 48.2 Å². The maximum absolute atomic E-state index is 5.68. The van der Waals surface area contributed by atoms with Crippen LogP contribution in [0.15, 0.2) is 41.1 Å². The van der Waals surface area contributed by atoms with E-state index in [2.05, 4.69) is 15.1 Å². The number of nitrogens with zero attached hydrogens (tertiary/aromatic N) is 3. The molecule has 5 nitrogen and oxygen atoms in total. The van der Waals surface area contributed by atoms with Crippen molar-refractivity contribution in [3.63, 3.8) is 0 Å². The van der Waals surface area contributed by atoms with Gasteiger partial charge in [0.1, 0.15) is 5.75 Å². The monoisotopic (exact) mass is 269 g/mol. The third-order valence-electron chi connectivity index (χ3n) is 2.92. The van der Waals surface area contributed by atoms with E-state index >= 15 is 0 Å². The van der Waals surface area contributed by atoms with E-state index in [1.165, 1.54) is 0 Å². The van der Waals surface area contributed by atoms with Gasteiger partial charge in [0.25, 0.3) is 0 Å². The van der Waals surface area contributed by atoms with Crippen LogP contribution in [-0.2, 0) is 6.61 Å². The Balaban J connectivity index is 1.72. The second-order valence-electron chi connectivity index (χ2n) is 4.85. The summed E-state index contributed by atoms with van der Waals surface area (Å²) in [6.07, 6.45) is 1.77. The Labute approximate surface area is 116 Å². The highest BCUT2D eigenvalue weighted by Crippen LogP contribution is 2.20. The summed E-state index contributed by atoms with van der Waals surface area (Å²) in [7, 11) is 0. The number of ether oxygens (including phenoxy) is 1. The van der Waals surface area contributed by atoms with Gasteiger partial charge in [0, 0.05) is 17.5 Å². The minimum absolute atomic E-state index is 0.225. The zero-order chi connectivity index (χ0) is 13.9. The summed E-state index contributed by atoms with van der Waals surface area (Å²) in [6.45, 7) is 4.31. The molecule has 0 N–H and O–H groups in total. The summed E-state index contributed by atoms with van der Waals surface area (Å²) in [5, 5.41) is 4.93. The lowest BCUT2D eigenvalue weighted by Crippen LogP contribution is -1.98. The fourth-order valence-corrected chi connectivity index (χ4v) is 1.85. The fraction of sp³-hybridized carbons (Fsp3) is 0.267. The van der Waals surface area contributed by atoms with Gasteiger partial charge >= 0.3 is 0 Å². The minimum atomic E-state index is 0.225. The molecule has 20 heavy (non-hydrogen) atoms. The SMILES string of the molecule is CC(C)c1nc(COc2ccc3ncccc3c2)no1. The zero-order valence-electron chi connectivity index (χ0n) is 11.4. The van der Waals surface area contributed by atoms with Crippen molar-refractivity contribution in [2.45, 2.75) is 26.4 Å². The van der Waals surface area contributed by atoms with E-state index in [9.17, 15) is 0 Å². The molecule has 3 aromatic rings. The van der Waals surface area contributed by atoms with E-state index in [1.807, 2.05) is 44.2 Å². The molecule has 0 aliphatic rings. The van der Waals surface area contributed by atoms with Gasteiger partial charge in [0.2, 0.25) is 11.7 Å². The van der Waals surface area contributed by atoms with Gasteiger partial charge < -0.3 is 9.26 Å². The van der Waals surface area contributed by atoms with Crippen LogP contribution in [0.2, 0.25) is 0 Å². The molecule has 0 saturated heterocycles. The molecule has 0 saturated carbocycles. The molecular weight excluding hydrogens is 254 g/mol. The summed E-state index contributed by atoms with van der Waals surface area (Å²) < 4.78 is 10.8. The number of pyridine rings is 1. The number of rotatable bonds is 4. The highest BCUT2D eigenvalue weighted by molar-refractivity contribution is 5.79. The lowest BCUT2D eigenvalue weighted by atomic mass is 10.2. The van der Waals surface area contributed by atoms with Gasteiger partial charge in [0.05, 0.1) is 5.52 Å². The van der Waals surface area contributed by atoms with Crippen LogP contribution in [0.25, 0.3) is 10.9 Å². The van der Waals surface area contributed by atoms with E-state index in [4.69, 9.17) is 9.26 Å². The molecule has 102 valence electrons. The molecule has 0 atom stereocenters. The third kappa shape index (κ3) is 2.61. The number of hydrogen-bond acceptors (Lipinski definition) is 5. The second-order valence-corrected chi connectivity index (χ2v) is 4.85. The van der Waals surface area contributed by atoms with Gasteiger partial charge in [-0.3, -0.25) is 4.98 Å². The van der Waals surface area contributed by atoms with Gasteiger partial charge in [-0.1, -0.05) is 25.1 Å². The Hall–Kier alpha value is -2.43. The molecule has 0 aliphatic carbocycles. The van der Waals surface area contributed by atoms with Gasteiger partial charge in [-0.25, -0.2) is 0 Å². The lowest BCUT2D eigenvalue weighted by molar-refractivity contribution is 0.284. The Morgan fingerprint density at radius 1 is 1.25 bits per heavy atom. The number of benzene rings is 1. The highest BCUT2D eigenvalue weighted by atomic mass is 16.5. The van der Waals surface area contributed by atoms with E-state index in [0.717, 1.165) is 16.7 Å². The molecule has 0 amide bonds. The molecule has 5 heteroatoms. The Morgan fingerprint density at radius 2 is 2.15 bits per heavy atom. The fourth-order valence-electron chi connectivity index (χ4n) is 1.85. The quantitative estimate of drug-likeness (QED) is 0.727. The average molecular weight is 269 g/mol. The standard InChI is InChI=1S/C15H15N3O2/c1-10(2)15-17-14(18-20-15)9-19-12-5-6-13-11(8-12)4-3-7-16-13/h3-8,10H,9H2,1-2H3. The summed E-state index contributed by atoms with van der Waals surface area (Å²) in [5.74, 6) is 2.18. The molecule has 0 bridgehead atoms. The van der Waals surface area contributed by atoms with E-state index in [0.29, 0.717) is 18.3 Å². The third-order valence-corrected chi connectivity index (χ3v) is 2.92. The van der Waals surface area contributed by atoms with Crippen LogP contribution in [0.5, 0.6) is 5.75 Å². The summed E-state index contributed by atoms with van der Waals surface area (Å²) in [4.78, 5) is 8.54. The van der Waals surface area contributed by atoms with Crippen molar-refractivity contribution in [1.29, 1.82) is 0 Å². The van der Waals surface area contributed by atoms with Crippen LogP contribution in [-0.4, -0.2) is 15.1 Å². The smallest absolute Gasteiger partial charge is 0.229 e. The van der Waals surface area contributed by atoms with Crippen molar-refractivity contribution < 1.29 is 9.26 Å². The molecule has 0 aliphatic heterocycles. The first kappa shape index (κ1) is 12.6. The van der Waals surface area contributed by atoms with E-state index < -0.39 is 0 Å². The maximum atomic E-state index is 5.68. The van der Waals surface area contributed by atoms with E-state index in [-0.39, 0.29) is 5.92 Å². The summed E-state index contributed by atoms with van der Waals surface area (Å²) in [6, 6.07) is 9.67. The molecule has 0 spiro atoms. The second kappa shape index (κ2) is 5.28. The van der Waals surface area contributed by atoms with Crippen molar-refractivity contribution in [2.24, 2.45) is 0 Å². The zero-order valence-corrected chi connectivity index (χ0v) is 11.4. The highest BCUT2D eigenvalue weighted by Gasteiger charge is 2.10. The van der Waals surface area contributed by atoms with Gasteiger partial charge in [-0.05, 0) is 24.3 Å². The van der Waals surface area contributed by atoms with Crippen LogP contribution in [0, 0.1) is 0 Å². The largest absolute Gasteiger partial charge is 0.485 e. The van der Waals surface area contributed by atoms with Crippen LogP contribution in [0.3, 0.4) is 0 Å². The van der Waals surface area contributed by atoms with Crippen LogP contribution < -0.4 is 4.74 Å². The summed E-state index contributed by atoms with van der Waals surface area (Å²) >= 11 is 0. The van der Waals surface area contributed by atoms with Crippen molar-refractivity contribution in [2.75, 3.05) is 0 Å². The number of aromatic nitrogens is 3.